The summed E-state index contributed by atoms with van der Waals surface area (Å²) in [7, 11) is 0. The molecule has 0 saturated heterocycles. The molecule has 1 aliphatic carbocycles. The molecule has 1 saturated carbocycles. The number of thiazole rings is 1. The summed E-state index contributed by atoms with van der Waals surface area (Å²) >= 11 is 3.76. The van der Waals surface area contributed by atoms with Crippen molar-refractivity contribution in [1.29, 1.82) is 0 Å². The Bertz CT molecular complexity index is 585. The van der Waals surface area contributed by atoms with Crippen LogP contribution in [0.3, 0.4) is 0 Å². The maximum atomic E-state index is 4.82. The molecular formula is C17H22N2S2. The molecule has 1 aliphatic rings. The summed E-state index contributed by atoms with van der Waals surface area (Å²) in [4.78, 5) is 7.58. The molecule has 0 bridgehead atoms. The zero-order valence-corrected chi connectivity index (χ0v) is 14.3. The first-order valence-electron chi connectivity index (χ1n) is 7.65. The van der Waals surface area contributed by atoms with E-state index in [2.05, 4.69) is 43.4 Å². The highest BCUT2D eigenvalue weighted by Gasteiger charge is 2.21. The van der Waals surface area contributed by atoms with Crippen molar-refractivity contribution in [3.8, 4) is 0 Å². The molecule has 21 heavy (non-hydrogen) atoms. The first-order chi connectivity index (χ1) is 10.2. The second-order valence-corrected chi connectivity index (χ2v) is 7.80. The van der Waals surface area contributed by atoms with Crippen molar-refractivity contribution in [3.63, 3.8) is 0 Å². The quantitative estimate of drug-likeness (QED) is 0.758. The van der Waals surface area contributed by atoms with Crippen LogP contribution in [0.1, 0.15) is 40.9 Å². The molecule has 2 aromatic rings. The summed E-state index contributed by atoms with van der Waals surface area (Å²) in [6, 6.07) is 9.51. The SMILES string of the molecule is CCc1nc(CSc2ccc(C)cc2)sc1CNC1CC1. The van der Waals surface area contributed by atoms with Gasteiger partial charge in [0.15, 0.2) is 0 Å². The second-order valence-electron chi connectivity index (χ2n) is 5.59. The summed E-state index contributed by atoms with van der Waals surface area (Å²) in [6.45, 7) is 5.33. The number of benzene rings is 1. The normalized spacial score (nSPS) is 14.6. The van der Waals surface area contributed by atoms with Crippen LogP contribution in [0.2, 0.25) is 0 Å². The molecule has 0 unspecified atom stereocenters. The minimum Gasteiger partial charge on any atom is -0.309 e. The molecule has 0 radical (unpaired) electrons. The third-order valence-corrected chi connectivity index (χ3v) is 5.97. The van der Waals surface area contributed by atoms with Gasteiger partial charge in [0.25, 0.3) is 0 Å². The van der Waals surface area contributed by atoms with E-state index < -0.39 is 0 Å². The lowest BCUT2D eigenvalue weighted by Gasteiger charge is -2.00. The monoisotopic (exact) mass is 318 g/mol. The minimum absolute atomic E-state index is 0.766. The third kappa shape index (κ3) is 4.31. The summed E-state index contributed by atoms with van der Waals surface area (Å²) in [5.41, 5.74) is 2.60. The molecule has 1 N–H and O–H groups in total. The number of aromatic nitrogens is 1. The summed E-state index contributed by atoms with van der Waals surface area (Å²) in [5.74, 6) is 0.976. The topological polar surface area (TPSA) is 24.9 Å². The van der Waals surface area contributed by atoms with Crippen LogP contribution < -0.4 is 5.32 Å². The molecule has 112 valence electrons. The molecule has 1 aromatic carbocycles. The van der Waals surface area contributed by atoms with Gasteiger partial charge in [-0.2, -0.15) is 0 Å². The Morgan fingerprint density at radius 1 is 1.29 bits per heavy atom. The van der Waals surface area contributed by atoms with Gasteiger partial charge in [0.05, 0.1) is 11.4 Å². The molecule has 1 fully saturated rings. The third-order valence-electron chi connectivity index (χ3n) is 3.67. The summed E-state index contributed by atoms with van der Waals surface area (Å²) in [5, 5.41) is 4.86. The Kier molecular flexibility index (Phi) is 4.99. The Hall–Kier alpha value is -0.840. The average Bonchev–Trinajstić information content (AvgIpc) is 3.24. The predicted molar refractivity (Wildman–Crippen MR) is 92.1 cm³/mol. The van der Waals surface area contributed by atoms with E-state index in [1.807, 2.05) is 23.1 Å². The number of nitrogens with one attached hydrogen (secondary N) is 1. The molecule has 3 rings (SSSR count). The van der Waals surface area contributed by atoms with Crippen molar-refractivity contribution in [3.05, 3.63) is 45.4 Å². The second kappa shape index (κ2) is 6.95. The van der Waals surface area contributed by atoms with Gasteiger partial charge >= 0.3 is 0 Å². The molecular weight excluding hydrogens is 296 g/mol. The predicted octanol–water partition coefficient (Wildman–Crippen LogP) is 4.56. The molecule has 0 amide bonds. The Labute approximate surface area is 135 Å². The lowest BCUT2D eigenvalue weighted by molar-refractivity contribution is 0.689. The van der Waals surface area contributed by atoms with E-state index in [4.69, 9.17) is 4.98 Å². The zero-order valence-electron chi connectivity index (χ0n) is 12.7. The lowest BCUT2D eigenvalue weighted by Crippen LogP contribution is -2.15. The first-order valence-corrected chi connectivity index (χ1v) is 9.45. The van der Waals surface area contributed by atoms with Crippen LogP contribution in [0.5, 0.6) is 0 Å². The average molecular weight is 319 g/mol. The van der Waals surface area contributed by atoms with Crippen molar-refractivity contribution in [1.82, 2.24) is 10.3 Å². The maximum Gasteiger partial charge on any atom is 0.103 e. The van der Waals surface area contributed by atoms with E-state index in [1.165, 1.54) is 38.9 Å². The number of hydrogen-bond donors (Lipinski definition) is 1. The molecule has 4 heteroatoms. The highest BCUT2D eigenvalue weighted by Crippen LogP contribution is 2.28. The van der Waals surface area contributed by atoms with E-state index in [-0.39, 0.29) is 0 Å². The maximum absolute atomic E-state index is 4.82. The van der Waals surface area contributed by atoms with Gasteiger partial charge in [-0.05, 0) is 38.3 Å². The molecule has 0 atom stereocenters. The van der Waals surface area contributed by atoms with E-state index >= 15 is 0 Å². The van der Waals surface area contributed by atoms with Gasteiger partial charge in [-0.3, -0.25) is 0 Å². The molecule has 0 aliphatic heterocycles. The standard InChI is InChI=1S/C17H22N2S2/c1-3-15-16(10-18-13-6-7-13)21-17(19-15)11-20-14-8-4-12(2)5-9-14/h4-5,8-9,13,18H,3,6-7,10-11H2,1-2H3. The Balaban J connectivity index is 1.60. The van der Waals surface area contributed by atoms with Gasteiger partial charge < -0.3 is 5.32 Å². The van der Waals surface area contributed by atoms with Crippen LogP contribution in [0.15, 0.2) is 29.2 Å². The zero-order chi connectivity index (χ0) is 14.7. The van der Waals surface area contributed by atoms with E-state index in [1.54, 1.807) is 0 Å². The fourth-order valence-corrected chi connectivity index (χ4v) is 4.22. The van der Waals surface area contributed by atoms with Gasteiger partial charge in [0.2, 0.25) is 0 Å². The highest BCUT2D eigenvalue weighted by molar-refractivity contribution is 7.98. The van der Waals surface area contributed by atoms with Gasteiger partial charge in [0, 0.05) is 22.4 Å². The lowest BCUT2D eigenvalue weighted by atomic mass is 10.2. The Morgan fingerprint density at radius 3 is 2.71 bits per heavy atom. The molecule has 1 heterocycles. The largest absolute Gasteiger partial charge is 0.309 e. The molecule has 2 nitrogen and oxygen atoms in total. The van der Waals surface area contributed by atoms with Crippen LogP contribution in [0.4, 0.5) is 0 Å². The molecule has 1 aromatic heterocycles. The van der Waals surface area contributed by atoms with Gasteiger partial charge in [-0.25, -0.2) is 4.98 Å². The van der Waals surface area contributed by atoms with Gasteiger partial charge in [-0.15, -0.1) is 23.1 Å². The number of nitrogens with zero attached hydrogens (tertiary/aromatic N) is 1. The van der Waals surface area contributed by atoms with Crippen LogP contribution in [0, 0.1) is 6.92 Å². The van der Waals surface area contributed by atoms with E-state index in [0.29, 0.717) is 0 Å². The number of aryl methyl sites for hydroxylation is 2. The Morgan fingerprint density at radius 2 is 2.05 bits per heavy atom. The van der Waals surface area contributed by atoms with Gasteiger partial charge in [0.1, 0.15) is 5.01 Å². The van der Waals surface area contributed by atoms with Crippen molar-refractivity contribution < 1.29 is 0 Å². The van der Waals surface area contributed by atoms with Crippen molar-refractivity contribution in [2.45, 2.75) is 56.3 Å². The van der Waals surface area contributed by atoms with Crippen LogP contribution in [-0.2, 0) is 18.7 Å². The number of hydrogen-bond acceptors (Lipinski definition) is 4. The highest BCUT2D eigenvalue weighted by atomic mass is 32.2. The smallest absolute Gasteiger partial charge is 0.103 e. The van der Waals surface area contributed by atoms with E-state index in [9.17, 15) is 0 Å². The first kappa shape index (κ1) is 15.1. The van der Waals surface area contributed by atoms with Crippen molar-refractivity contribution in [2.75, 3.05) is 0 Å². The number of rotatable bonds is 7. The number of thioether (sulfide) groups is 1. The fourth-order valence-electron chi connectivity index (χ4n) is 2.22. The molecule has 0 spiro atoms. The van der Waals surface area contributed by atoms with Crippen molar-refractivity contribution in [2.24, 2.45) is 0 Å². The van der Waals surface area contributed by atoms with Gasteiger partial charge in [-0.1, -0.05) is 24.6 Å². The van der Waals surface area contributed by atoms with Crippen molar-refractivity contribution >= 4 is 23.1 Å². The minimum atomic E-state index is 0.766. The van der Waals surface area contributed by atoms with Crippen LogP contribution in [-0.4, -0.2) is 11.0 Å². The van der Waals surface area contributed by atoms with Crippen LogP contribution in [0.25, 0.3) is 0 Å². The fraction of sp³-hybridized carbons (Fsp3) is 0.471. The summed E-state index contributed by atoms with van der Waals surface area (Å²) < 4.78 is 0. The summed E-state index contributed by atoms with van der Waals surface area (Å²) in [6.07, 6.45) is 3.72. The van der Waals surface area contributed by atoms with Crippen LogP contribution >= 0.6 is 23.1 Å². The van der Waals surface area contributed by atoms with E-state index in [0.717, 1.165) is 24.8 Å².